The number of hydrogen-bond acceptors (Lipinski definition) is 3. The van der Waals surface area contributed by atoms with Crippen LogP contribution in [0.1, 0.15) is 29.6 Å². The first-order valence-electron chi connectivity index (χ1n) is 6.00. The van der Waals surface area contributed by atoms with Gasteiger partial charge in [-0.25, -0.2) is 0 Å². The van der Waals surface area contributed by atoms with E-state index in [0.29, 0.717) is 18.5 Å². The van der Waals surface area contributed by atoms with E-state index in [9.17, 15) is 9.59 Å². The molecular weight excluding hydrogens is 230 g/mol. The van der Waals surface area contributed by atoms with E-state index in [4.69, 9.17) is 11.5 Å². The Morgan fingerprint density at radius 1 is 1.17 bits per heavy atom. The van der Waals surface area contributed by atoms with Crippen molar-refractivity contribution >= 4 is 11.8 Å². The Balaban J connectivity index is 2.55. The third-order valence-corrected chi connectivity index (χ3v) is 2.63. The highest BCUT2D eigenvalue weighted by Crippen LogP contribution is 2.03. The molecule has 2 amide bonds. The van der Waals surface area contributed by atoms with Gasteiger partial charge < -0.3 is 16.8 Å². The molecule has 0 aliphatic heterocycles. The zero-order chi connectivity index (χ0) is 13.4. The number of nitrogens with one attached hydrogen (secondary N) is 1. The Labute approximate surface area is 107 Å². The summed E-state index contributed by atoms with van der Waals surface area (Å²) in [6, 6.07) is 8.10. The molecule has 0 fully saturated rings. The Morgan fingerprint density at radius 3 is 2.39 bits per heavy atom. The van der Waals surface area contributed by atoms with Gasteiger partial charge in [0, 0.05) is 5.56 Å². The minimum Gasteiger partial charge on any atom is -0.368 e. The monoisotopic (exact) mass is 249 g/mol. The lowest BCUT2D eigenvalue weighted by Gasteiger charge is -2.15. The number of rotatable bonds is 7. The van der Waals surface area contributed by atoms with Gasteiger partial charge in [-0.1, -0.05) is 18.2 Å². The smallest absolute Gasteiger partial charge is 0.251 e. The van der Waals surface area contributed by atoms with Gasteiger partial charge in [-0.15, -0.1) is 0 Å². The van der Waals surface area contributed by atoms with Crippen LogP contribution in [0.4, 0.5) is 0 Å². The highest BCUT2D eigenvalue weighted by atomic mass is 16.2. The molecule has 0 unspecified atom stereocenters. The molecule has 5 heteroatoms. The molecule has 1 rings (SSSR count). The van der Waals surface area contributed by atoms with E-state index in [2.05, 4.69) is 5.32 Å². The van der Waals surface area contributed by atoms with Gasteiger partial charge in [0.05, 0.1) is 0 Å². The molecule has 5 nitrogen and oxygen atoms in total. The van der Waals surface area contributed by atoms with Crippen molar-refractivity contribution in [3.8, 4) is 0 Å². The Kier molecular flexibility index (Phi) is 5.87. The summed E-state index contributed by atoms with van der Waals surface area (Å²) in [5, 5.41) is 2.64. The fourth-order valence-corrected chi connectivity index (χ4v) is 1.61. The first-order chi connectivity index (χ1) is 8.65. The van der Waals surface area contributed by atoms with Crippen LogP contribution in [0.5, 0.6) is 0 Å². The summed E-state index contributed by atoms with van der Waals surface area (Å²) < 4.78 is 0. The number of hydrogen-bond donors (Lipinski definition) is 3. The normalized spacial score (nSPS) is 11.8. The first kappa shape index (κ1) is 14.2. The molecule has 1 aromatic carbocycles. The van der Waals surface area contributed by atoms with Gasteiger partial charge in [-0.2, -0.15) is 0 Å². The summed E-state index contributed by atoms with van der Waals surface area (Å²) in [5.74, 6) is -0.802. The van der Waals surface area contributed by atoms with Crippen LogP contribution in [0.15, 0.2) is 30.3 Å². The van der Waals surface area contributed by atoms with E-state index in [-0.39, 0.29) is 5.91 Å². The van der Waals surface area contributed by atoms with Crippen LogP contribution >= 0.6 is 0 Å². The Bertz CT molecular complexity index is 392. The second-order valence-electron chi connectivity index (χ2n) is 4.08. The Hall–Kier alpha value is -1.88. The average molecular weight is 249 g/mol. The van der Waals surface area contributed by atoms with Crippen LogP contribution in [0.3, 0.4) is 0 Å². The van der Waals surface area contributed by atoms with E-state index in [0.717, 1.165) is 12.8 Å². The average Bonchev–Trinajstić information content (AvgIpc) is 2.38. The number of primary amides is 1. The van der Waals surface area contributed by atoms with Crippen molar-refractivity contribution in [1.82, 2.24) is 5.32 Å². The topological polar surface area (TPSA) is 98.2 Å². The van der Waals surface area contributed by atoms with Crippen molar-refractivity contribution < 1.29 is 9.59 Å². The van der Waals surface area contributed by atoms with Crippen LogP contribution in [-0.2, 0) is 4.79 Å². The molecule has 0 saturated heterocycles. The predicted molar refractivity (Wildman–Crippen MR) is 69.8 cm³/mol. The van der Waals surface area contributed by atoms with Gasteiger partial charge in [0.2, 0.25) is 5.91 Å². The highest BCUT2D eigenvalue weighted by molar-refractivity contribution is 5.97. The van der Waals surface area contributed by atoms with Gasteiger partial charge in [0.1, 0.15) is 6.04 Å². The minimum absolute atomic E-state index is 0.285. The molecule has 0 saturated carbocycles. The molecule has 1 aromatic rings. The maximum absolute atomic E-state index is 11.8. The van der Waals surface area contributed by atoms with Crippen molar-refractivity contribution in [1.29, 1.82) is 0 Å². The van der Waals surface area contributed by atoms with Crippen LogP contribution in [0.2, 0.25) is 0 Å². The molecule has 0 aliphatic carbocycles. The lowest BCUT2D eigenvalue weighted by Crippen LogP contribution is -2.44. The molecule has 0 heterocycles. The van der Waals surface area contributed by atoms with Gasteiger partial charge >= 0.3 is 0 Å². The first-order valence-corrected chi connectivity index (χ1v) is 6.00. The Morgan fingerprint density at radius 2 is 1.83 bits per heavy atom. The van der Waals surface area contributed by atoms with Crippen molar-refractivity contribution in [2.75, 3.05) is 6.54 Å². The lowest BCUT2D eigenvalue weighted by atomic mass is 10.1. The van der Waals surface area contributed by atoms with Crippen molar-refractivity contribution in [3.63, 3.8) is 0 Å². The summed E-state index contributed by atoms with van der Waals surface area (Å²) in [7, 11) is 0. The van der Waals surface area contributed by atoms with Gasteiger partial charge in [-0.3, -0.25) is 9.59 Å². The maximum Gasteiger partial charge on any atom is 0.251 e. The second kappa shape index (κ2) is 7.45. The minimum atomic E-state index is -0.635. The molecule has 0 spiro atoms. The standard InChI is InChI=1S/C13H19N3O2/c14-9-5-4-8-11(12(15)17)16-13(18)10-6-2-1-3-7-10/h1-3,6-7,11H,4-5,8-9,14H2,(H2,15,17)(H,16,18)/t11-/m0/s1. The van der Waals surface area contributed by atoms with Crippen LogP contribution in [-0.4, -0.2) is 24.4 Å². The second-order valence-corrected chi connectivity index (χ2v) is 4.08. The van der Waals surface area contributed by atoms with Crippen LogP contribution in [0.25, 0.3) is 0 Å². The molecule has 0 aromatic heterocycles. The molecular formula is C13H19N3O2. The van der Waals surface area contributed by atoms with E-state index in [1.54, 1.807) is 24.3 Å². The third-order valence-electron chi connectivity index (χ3n) is 2.63. The zero-order valence-electron chi connectivity index (χ0n) is 10.3. The number of carbonyl (C=O) groups is 2. The quantitative estimate of drug-likeness (QED) is 0.610. The summed E-state index contributed by atoms with van der Waals surface area (Å²) in [5.41, 5.74) is 11.2. The van der Waals surface area contributed by atoms with Gasteiger partial charge in [-0.05, 0) is 37.9 Å². The fraction of sp³-hybridized carbons (Fsp3) is 0.385. The number of nitrogens with two attached hydrogens (primary N) is 2. The largest absolute Gasteiger partial charge is 0.368 e. The molecule has 0 radical (unpaired) electrons. The SMILES string of the molecule is NCCCC[C@H](NC(=O)c1ccccc1)C(N)=O. The van der Waals surface area contributed by atoms with E-state index in [1.165, 1.54) is 0 Å². The van der Waals surface area contributed by atoms with Crippen molar-refractivity contribution in [3.05, 3.63) is 35.9 Å². The molecule has 1 atom stereocenters. The molecule has 18 heavy (non-hydrogen) atoms. The van der Waals surface area contributed by atoms with Crippen LogP contribution in [0, 0.1) is 0 Å². The van der Waals surface area contributed by atoms with E-state index in [1.807, 2.05) is 6.07 Å². The molecule has 0 aliphatic rings. The fourth-order valence-electron chi connectivity index (χ4n) is 1.61. The summed E-state index contributed by atoms with van der Waals surface area (Å²) in [4.78, 5) is 23.1. The highest BCUT2D eigenvalue weighted by Gasteiger charge is 2.18. The van der Waals surface area contributed by atoms with E-state index >= 15 is 0 Å². The van der Waals surface area contributed by atoms with Gasteiger partial charge in [0.15, 0.2) is 0 Å². The number of benzene rings is 1. The molecule has 0 bridgehead atoms. The predicted octanol–water partition coefficient (Wildman–Crippen LogP) is 0.399. The maximum atomic E-state index is 11.8. The summed E-state index contributed by atoms with van der Waals surface area (Å²) in [6.07, 6.45) is 2.09. The molecule has 98 valence electrons. The number of unbranched alkanes of at least 4 members (excludes halogenated alkanes) is 1. The number of carbonyl (C=O) groups excluding carboxylic acids is 2. The molecule has 5 N–H and O–H groups in total. The van der Waals surface area contributed by atoms with Crippen molar-refractivity contribution in [2.24, 2.45) is 11.5 Å². The van der Waals surface area contributed by atoms with Crippen molar-refractivity contribution in [2.45, 2.75) is 25.3 Å². The summed E-state index contributed by atoms with van der Waals surface area (Å²) >= 11 is 0. The third kappa shape index (κ3) is 4.55. The zero-order valence-corrected chi connectivity index (χ0v) is 10.3. The van der Waals surface area contributed by atoms with Crippen LogP contribution < -0.4 is 16.8 Å². The number of amides is 2. The van der Waals surface area contributed by atoms with E-state index < -0.39 is 11.9 Å². The lowest BCUT2D eigenvalue weighted by molar-refractivity contribution is -0.120. The van der Waals surface area contributed by atoms with Gasteiger partial charge in [0.25, 0.3) is 5.91 Å². The summed E-state index contributed by atoms with van der Waals surface area (Å²) in [6.45, 7) is 0.568.